The molecule has 15 heavy (non-hydrogen) atoms. The van der Waals surface area contributed by atoms with E-state index in [9.17, 15) is 0 Å². The van der Waals surface area contributed by atoms with Crippen LogP contribution in [0.3, 0.4) is 0 Å². The van der Waals surface area contributed by atoms with Gasteiger partial charge in [0, 0.05) is 10.8 Å². The molecule has 1 heterocycles. The molecule has 0 spiro atoms. The maximum Gasteiger partial charge on any atom is 0.137 e. The lowest BCUT2D eigenvalue weighted by Gasteiger charge is -2.13. The first-order chi connectivity index (χ1) is 7.02. The zero-order valence-electron chi connectivity index (χ0n) is 9.92. The van der Waals surface area contributed by atoms with Gasteiger partial charge in [-0.3, -0.25) is 0 Å². The number of para-hydroxylation sites is 1. The van der Waals surface area contributed by atoms with Crippen LogP contribution in [0.4, 0.5) is 0 Å². The highest BCUT2D eigenvalue weighted by molar-refractivity contribution is 5.81. The van der Waals surface area contributed by atoms with Crippen molar-refractivity contribution in [1.82, 2.24) is 0 Å². The molecule has 0 aliphatic carbocycles. The van der Waals surface area contributed by atoms with Crippen LogP contribution in [0, 0.1) is 0 Å². The van der Waals surface area contributed by atoms with E-state index in [0.29, 0.717) is 0 Å². The molecule has 1 heteroatoms. The van der Waals surface area contributed by atoms with Gasteiger partial charge in [0.15, 0.2) is 0 Å². The Hall–Kier alpha value is -1.24. The highest BCUT2D eigenvalue weighted by Gasteiger charge is 2.19. The molecule has 0 saturated carbocycles. The van der Waals surface area contributed by atoms with Gasteiger partial charge >= 0.3 is 0 Å². The summed E-state index contributed by atoms with van der Waals surface area (Å²) in [6.07, 6.45) is 1.02. The molecule has 2 rings (SSSR count). The van der Waals surface area contributed by atoms with Crippen molar-refractivity contribution in [3.05, 3.63) is 35.6 Å². The first-order valence-electron chi connectivity index (χ1n) is 5.54. The van der Waals surface area contributed by atoms with Crippen molar-refractivity contribution in [2.75, 3.05) is 0 Å². The molecule has 0 fully saturated rings. The Kier molecular flexibility index (Phi) is 2.34. The van der Waals surface area contributed by atoms with E-state index < -0.39 is 0 Å². The molecule has 1 aromatic heterocycles. The van der Waals surface area contributed by atoms with E-state index in [4.69, 9.17) is 4.42 Å². The highest BCUT2D eigenvalue weighted by atomic mass is 16.3. The van der Waals surface area contributed by atoms with E-state index in [1.54, 1.807) is 0 Å². The topological polar surface area (TPSA) is 13.1 Å². The van der Waals surface area contributed by atoms with E-state index >= 15 is 0 Å². The van der Waals surface area contributed by atoms with Crippen LogP contribution in [0.2, 0.25) is 0 Å². The highest BCUT2D eigenvalue weighted by Crippen LogP contribution is 2.30. The van der Waals surface area contributed by atoms with Crippen LogP contribution >= 0.6 is 0 Å². The van der Waals surface area contributed by atoms with Crippen LogP contribution in [0.15, 0.2) is 28.7 Å². The minimum absolute atomic E-state index is 0.0873. The summed E-state index contributed by atoms with van der Waals surface area (Å²) in [6, 6.07) is 8.52. The van der Waals surface area contributed by atoms with Gasteiger partial charge in [-0.15, -0.1) is 0 Å². The Balaban J connectivity index is 2.65. The van der Waals surface area contributed by atoms with E-state index in [1.807, 2.05) is 0 Å². The molecule has 0 radical (unpaired) electrons. The molecule has 80 valence electrons. The predicted octanol–water partition coefficient (Wildman–Crippen LogP) is 4.29. The average molecular weight is 202 g/mol. The van der Waals surface area contributed by atoms with Crippen molar-refractivity contribution in [2.45, 2.75) is 39.5 Å². The standard InChI is InChI=1S/C14H18O/c1-5-10-7-6-8-11-9-12(14(2,3)4)15-13(10)11/h6-9H,5H2,1-4H3. The predicted molar refractivity (Wildman–Crippen MR) is 64.3 cm³/mol. The number of rotatable bonds is 1. The van der Waals surface area contributed by atoms with Crippen molar-refractivity contribution in [2.24, 2.45) is 0 Å². The molecule has 0 aliphatic heterocycles. The van der Waals surface area contributed by atoms with Gasteiger partial charge in [-0.2, -0.15) is 0 Å². The minimum atomic E-state index is 0.0873. The number of hydrogen-bond donors (Lipinski definition) is 0. The van der Waals surface area contributed by atoms with E-state index in [0.717, 1.165) is 17.8 Å². The molecule has 1 aromatic carbocycles. The van der Waals surface area contributed by atoms with Crippen molar-refractivity contribution in [3.8, 4) is 0 Å². The number of fused-ring (bicyclic) bond motifs is 1. The number of aryl methyl sites for hydroxylation is 1. The zero-order chi connectivity index (χ0) is 11.1. The fourth-order valence-corrected chi connectivity index (χ4v) is 1.77. The maximum absolute atomic E-state index is 5.95. The lowest BCUT2D eigenvalue weighted by atomic mass is 9.93. The number of hydrogen-bond acceptors (Lipinski definition) is 1. The van der Waals surface area contributed by atoms with Gasteiger partial charge in [0.25, 0.3) is 0 Å². The lowest BCUT2D eigenvalue weighted by molar-refractivity contribution is 0.429. The summed E-state index contributed by atoms with van der Waals surface area (Å²) in [6.45, 7) is 8.69. The van der Waals surface area contributed by atoms with Crippen LogP contribution in [0.5, 0.6) is 0 Å². The number of benzene rings is 1. The molecular formula is C14H18O. The van der Waals surface area contributed by atoms with Gasteiger partial charge in [0.1, 0.15) is 11.3 Å². The van der Waals surface area contributed by atoms with Gasteiger partial charge in [-0.25, -0.2) is 0 Å². The number of furan rings is 1. The first kappa shape index (κ1) is 10.3. The first-order valence-corrected chi connectivity index (χ1v) is 5.54. The summed E-state index contributed by atoms with van der Waals surface area (Å²) < 4.78 is 5.95. The van der Waals surface area contributed by atoms with Gasteiger partial charge in [0.2, 0.25) is 0 Å². The summed E-state index contributed by atoms with van der Waals surface area (Å²) in [5.74, 6) is 1.07. The van der Waals surface area contributed by atoms with Crippen LogP contribution in [-0.2, 0) is 11.8 Å². The Morgan fingerprint density at radius 2 is 1.93 bits per heavy atom. The zero-order valence-corrected chi connectivity index (χ0v) is 9.92. The molecule has 0 saturated heterocycles. The third-order valence-corrected chi connectivity index (χ3v) is 2.75. The average Bonchev–Trinajstić information content (AvgIpc) is 2.59. The molecule has 0 amide bonds. The summed E-state index contributed by atoms with van der Waals surface area (Å²) in [4.78, 5) is 0. The summed E-state index contributed by atoms with van der Waals surface area (Å²) in [5, 5.41) is 1.22. The Morgan fingerprint density at radius 1 is 1.20 bits per heavy atom. The molecular weight excluding hydrogens is 184 g/mol. The molecule has 2 aromatic rings. The molecule has 0 unspecified atom stereocenters. The third kappa shape index (κ3) is 1.79. The quantitative estimate of drug-likeness (QED) is 0.672. The Bertz CT molecular complexity index is 472. The molecule has 0 N–H and O–H groups in total. The van der Waals surface area contributed by atoms with Crippen LogP contribution in [0.25, 0.3) is 11.0 Å². The summed E-state index contributed by atoms with van der Waals surface area (Å²) in [7, 11) is 0. The molecule has 0 bridgehead atoms. The van der Waals surface area contributed by atoms with Gasteiger partial charge in [-0.05, 0) is 18.1 Å². The van der Waals surface area contributed by atoms with Crippen molar-refractivity contribution < 1.29 is 4.42 Å². The van der Waals surface area contributed by atoms with Gasteiger partial charge < -0.3 is 4.42 Å². The Labute approximate surface area is 91.1 Å². The fourth-order valence-electron chi connectivity index (χ4n) is 1.77. The van der Waals surface area contributed by atoms with E-state index in [2.05, 4.69) is 52.0 Å². The fraction of sp³-hybridized carbons (Fsp3) is 0.429. The minimum Gasteiger partial charge on any atom is -0.460 e. The van der Waals surface area contributed by atoms with E-state index in [1.165, 1.54) is 10.9 Å². The van der Waals surface area contributed by atoms with Crippen LogP contribution in [0.1, 0.15) is 39.0 Å². The second kappa shape index (κ2) is 3.41. The van der Waals surface area contributed by atoms with Crippen molar-refractivity contribution >= 4 is 11.0 Å². The van der Waals surface area contributed by atoms with Crippen LogP contribution < -0.4 is 0 Å². The Morgan fingerprint density at radius 3 is 2.53 bits per heavy atom. The normalized spacial score (nSPS) is 12.3. The lowest BCUT2D eigenvalue weighted by Crippen LogP contribution is -2.08. The molecule has 0 atom stereocenters. The van der Waals surface area contributed by atoms with Crippen molar-refractivity contribution in [3.63, 3.8) is 0 Å². The second-order valence-electron chi connectivity index (χ2n) is 5.05. The third-order valence-electron chi connectivity index (χ3n) is 2.75. The molecule has 0 aliphatic rings. The summed E-state index contributed by atoms with van der Waals surface area (Å²) >= 11 is 0. The van der Waals surface area contributed by atoms with Gasteiger partial charge in [-0.1, -0.05) is 45.9 Å². The monoisotopic (exact) mass is 202 g/mol. The largest absolute Gasteiger partial charge is 0.460 e. The molecule has 1 nitrogen and oxygen atoms in total. The maximum atomic E-state index is 5.95. The smallest absolute Gasteiger partial charge is 0.137 e. The second-order valence-corrected chi connectivity index (χ2v) is 5.05. The van der Waals surface area contributed by atoms with Crippen molar-refractivity contribution in [1.29, 1.82) is 0 Å². The van der Waals surface area contributed by atoms with E-state index in [-0.39, 0.29) is 5.41 Å². The SMILES string of the molecule is CCc1cccc2cc(C(C)(C)C)oc12. The van der Waals surface area contributed by atoms with Crippen LogP contribution in [-0.4, -0.2) is 0 Å². The summed E-state index contributed by atoms with van der Waals surface area (Å²) in [5.41, 5.74) is 2.44. The van der Waals surface area contributed by atoms with Gasteiger partial charge in [0.05, 0.1) is 0 Å².